The van der Waals surface area contributed by atoms with Crippen molar-refractivity contribution >= 4 is 0 Å². The van der Waals surface area contributed by atoms with Crippen LogP contribution in [0.25, 0.3) is 0 Å². The summed E-state index contributed by atoms with van der Waals surface area (Å²) in [5, 5.41) is 10.3. The molecule has 1 aromatic heterocycles. The lowest BCUT2D eigenvalue weighted by Crippen LogP contribution is -2.32. The molecule has 0 saturated carbocycles. The Hall–Kier alpha value is -1.13. The molecule has 4 heteroatoms. The number of aliphatic hydroxyl groups is 1. The molecule has 0 radical (unpaired) electrons. The highest BCUT2D eigenvalue weighted by Gasteiger charge is 2.31. The monoisotopic (exact) mass is 211 g/mol. The van der Waals surface area contributed by atoms with Crippen LogP contribution in [0.1, 0.15) is 19.0 Å². The van der Waals surface area contributed by atoms with Gasteiger partial charge in [-0.3, -0.25) is 4.98 Å². The molecule has 0 aliphatic carbocycles. The van der Waals surface area contributed by atoms with E-state index in [0.717, 1.165) is 0 Å². The van der Waals surface area contributed by atoms with Crippen molar-refractivity contribution in [1.29, 1.82) is 0 Å². The number of hydrogen-bond donors (Lipinski definition) is 1. The predicted octanol–water partition coefficient (Wildman–Crippen LogP) is 1.33. The first-order valence-electron chi connectivity index (χ1n) is 4.88. The number of ether oxygens (including phenoxy) is 2. The van der Waals surface area contributed by atoms with Gasteiger partial charge in [-0.25, -0.2) is 0 Å². The average molecular weight is 211 g/mol. The fourth-order valence-corrected chi connectivity index (χ4v) is 1.48. The number of aromatic nitrogens is 1. The molecule has 1 rings (SSSR count). The molecule has 4 nitrogen and oxygen atoms in total. The molecule has 84 valence electrons. The van der Waals surface area contributed by atoms with Crippen LogP contribution in [-0.4, -0.2) is 30.9 Å². The normalized spacial score (nSPS) is 14.7. The molecule has 0 aromatic carbocycles. The Bertz CT molecular complexity index is 316. The highest BCUT2D eigenvalue weighted by atomic mass is 16.5. The summed E-state index contributed by atoms with van der Waals surface area (Å²) in [7, 11) is 3.11. The smallest absolute Gasteiger partial charge is 0.143 e. The van der Waals surface area contributed by atoms with E-state index in [9.17, 15) is 5.11 Å². The first-order valence-corrected chi connectivity index (χ1v) is 4.88. The topological polar surface area (TPSA) is 51.6 Å². The van der Waals surface area contributed by atoms with Crippen LogP contribution >= 0.6 is 0 Å². The van der Waals surface area contributed by atoms with Gasteiger partial charge >= 0.3 is 0 Å². The summed E-state index contributed by atoms with van der Waals surface area (Å²) in [5.41, 5.74) is -0.557. The molecule has 0 spiro atoms. The summed E-state index contributed by atoms with van der Waals surface area (Å²) in [6.07, 6.45) is 2.16. The zero-order chi connectivity index (χ0) is 11.3. The number of methoxy groups -OCH3 is 2. The number of hydrogen-bond acceptors (Lipinski definition) is 4. The van der Waals surface area contributed by atoms with Crippen LogP contribution in [0, 0.1) is 0 Å². The second-order valence-corrected chi connectivity index (χ2v) is 3.37. The molecule has 0 fully saturated rings. The summed E-state index contributed by atoms with van der Waals surface area (Å²) in [5.74, 6) is 0.582. The molecule has 1 atom stereocenters. The Balaban J connectivity index is 3.10. The van der Waals surface area contributed by atoms with Crippen molar-refractivity contribution in [2.24, 2.45) is 0 Å². The maximum Gasteiger partial charge on any atom is 0.143 e. The molecular weight excluding hydrogens is 194 g/mol. The zero-order valence-electron chi connectivity index (χ0n) is 9.36. The molecule has 15 heavy (non-hydrogen) atoms. The second kappa shape index (κ2) is 5.09. The average Bonchev–Trinajstić information content (AvgIpc) is 2.29. The van der Waals surface area contributed by atoms with Crippen molar-refractivity contribution in [1.82, 2.24) is 4.98 Å². The Morgan fingerprint density at radius 3 is 2.73 bits per heavy atom. The lowest BCUT2D eigenvalue weighted by atomic mass is 9.96. The molecule has 1 N–H and O–H groups in total. The van der Waals surface area contributed by atoms with Gasteiger partial charge in [-0.15, -0.1) is 0 Å². The summed E-state index contributed by atoms with van der Waals surface area (Å²) >= 11 is 0. The summed E-state index contributed by atoms with van der Waals surface area (Å²) in [4.78, 5) is 4.16. The van der Waals surface area contributed by atoms with Crippen LogP contribution in [0.3, 0.4) is 0 Å². The molecule has 1 heterocycles. The highest BCUT2D eigenvalue weighted by Crippen LogP contribution is 2.30. The first kappa shape index (κ1) is 11.9. The molecule has 0 aliphatic heterocycles. The maximum absolute atomic E-state index is 10.3. The van der Waals surface area contributed by atoms with Crippen LogP contribution < -0.4 is 4.74 Å². The minimum absolute atomic E-state index is 0.205. The van der Waals surface area contributed by atoms with Crippen molar-refractivity contribution in [3.63, 3.8) is 0 Å². The predicted molar refractivity (Wildman–Crippen MR) is 56.9 cm³/mol. The van der Waals surface area contributed by atoms with Crippen LogP contribution in [0.15, 0.2) is 18.3 Å². The third-order valence-corrected chi connectivity index (χ3v) is 2.40. The standard InChI is InChI=1S/C11H17NO3/c1-4-11(13,8-14-2)10-9(15-3)6-5-7-12-10/h5-7,13H,4,8H2,1-3H3. The molecular formula is C11H17NO3. The van der Waals surface area contributed by atoms with Gasteiger partial charge in [0.2, 0.25) is 0 Å². The van der Waals surface area contributed by atoms with Crippen molar-refractivity contribution < 1.29 is 14.6 Å². The quantitative estimate of drug-likeness (QED) is 0.798. The summed E-state index contributed by atoms with van der Waals surface area (Å²) in [6, 6.07) is 3.55. The maximum atomic E-state index is 10.3. The van der Waals surface area contributed by atoms with E-state index in [1.54, 1.807) is 32.5 Å². The van der Waals surface area contributed by atoms with Gasteiger partial charge in [0.05, 0.1) is 13.7 Å². The van der Waals surface area contributed by atoms with Crippen LogP contribution in [0.5, 0.6) is 5.75 Å². The number of pyridine rings is 1. The molecule has 1 aromatic rings. The van der Waals surface area contributed by atoms with Gasteiger partial charge in [0.25, 0.3) is 0 Å². The fourth-order valence-electron chi connectivity index (χ4n) is 1.48. The lowest BCUT2D eigenvalue weighted by molar-refractivity contribution is -0.0432. The highest BCUT2D eigenvalue weighted by molar-refractivity contribution is 5.31. The van der Waals surface area contributed by atoms with Gasteiger partial charge in [-0.05, 0) is 18.6 Å². The molecule has 0 aliphatic rings. The number of nitrogens with zero attached hydrogens (tertiary/aromatic N) is 1. The molecule has 0 bridgehead atoms. The summed E-state index contributed by atoms with van der Waals surface area (Å²) in [6.45, 7) is 2.09. The van der Waals surface area contributed by atoms with E-state index in [1.165, 1.54) is 0 Å². The molecule has 0 saturated heterocycles. The Morgan fingerprint density at radius 1 is 1.47 bits per heavy atom. The van der Waals surface area contributed by atoms with Gasteiger partial charge in [0.1, 0.15) is 17.0 Å². The van der Waals surface area contributed by atoms with E-state index < -0.39 is 5.60 Å². The van der Waals surface area contributed by atoms with E-state index in [4.69, 9.17) is 9.47 Å². The van der Waals surface area contributed by atoms with Crippen LogP contribution in [0.4, 0.5) is 0 Å². The lowest BCUT2D eigenvalue weighted by Gasteiger charge is -2.26. The van der Waals surface area contributed by atoms with Crippen molar-refractivity contribution in [2.45, 2.75) is 18.9 Å². The van der Waals surface area contributed by atoms with E-state index in [1.807, 2.05) is 6.92 Å². The molecule has 0 amide bonds. The minimum atomic E-state index is -1.08. The van der Waals surface area contributed by atoms with Gasteiger partial charge in [0.15, 0.2) is 0 Å². The van der Waals surface area contributed by atoms with Crippen molar-refractivity contribution in [2.75, 3.05) is 20.8 Å². The zero-order valence-corrected chi connectivity index (χ0v) is 9.36. The van der Waals surface area contributed by atoms with Gasteiger partial charge in [-0.2, -0.15) is 0 Å². The minimum Gasteiger partial charge on any atom is -0.495 e. The van der Waals surface area contributed by atoms with Crippen LogP contribution in [0.2, 0.25) is 0 Å². The fraction of sp³-hybridized carbons (Fsp3) is 0.545. The largest absolute Gasteiger partial charge is 0.495 e. The third kappa shape index (κ3) is 2.46. The van der Waals surface area contributed by atoms with E-state index >= 15 is 0 Å². The second-order valence-electron chi connectivity index (χ2n) is 3.37. The Morgan fingerprint density at radius 2 is 2.20 bits per heavy atom. The van der Waals surface area contributed by atoms with Gasteiger partial charge in [0, 0.05) is 13.3 Å². The number of rotatable bonds is 5. The Kier molecular flexibility index (Phi) is 4.05. The Labute approximate surface area is 89.9 Å². The first-order chi connectivity index (χ1) is 7.18. The SMILES string of the molecule is CCC(O)(COC)c1ncccc1OC. The van der Waals surface area contributed by atoms with Crippen molar-refractivity contribution in [3.8, 4) is 5.75 Å². The third-order valence-electron chi connectivity index (χ3n) is 2.40. The molecule has 1 unspecified atom stereocenters. The summed E-state index contributed by atoms with van der Waals surface area (Å²) < 4.78 is 10.2. The van der Waals surface area contributed by atoms with E-state index in [2.05, 4.69) is 4.98 Å². The van der Waals surface area contributed by atoms with Gasteiger partial charge < -0.3 is 14.6 Å². The van der Waals surface area contributed by atoms with Crippen LogP contribution in [-0.2, 0) is 10.3 Å². The van der Waals surface area contributed by atoms with Gasteiger partial charge in [-0.1, -0.05) is 6.92 Å². The van der Waals surface area contributed by atoms with E-state index in [0.29, 0.717) is 17.9 Å². The van der Waals surface area contributed by atoms with E-state index in [-0.39, 0.29) is 6.61 Å². The van der Waals surface area contributed by atoms with Crippen molar-refractivity contribution in [3.05, 3.63) is 24.0 Å².